The molecule has 41 heavy (non-hydrogen) atoms. The summed E-state index contributed by atoms with van der Waals surface area (Å²) in [6.07, 6.45) is 2.73. The van der Waals surface area contributed by atoms with Crippen molar-refractivity contribution in [2.75, 3.05) is 36.8 Å². The summed E-state index contributed by atoms with van der Waals surface area (Å²) in [4.78, 5) is 38.1. The van der Waals surface area contributed by atoms with Gasteiger partial charge in [0.05, 0.1) is 19.1 Å². The Balaban J connectivity index is 0.00000280. The average Bonchev–Trinajstić information content (AvgIpc) is 3.64. The highest BCUT2D eigenvalue weighted by molar-refractivity contribution is 7.55. The van der Waals surface area contributed by atoms with Crippen LogP contribution in [0.2, 0.25) is 0 Å². The van der Waals surface area contributed by atoms with E-state index < -0.39 is 13.4 Å². The summed E-state index contributed by atoms with van der Waals surface area (Å²) >= 11 is 0. The molecule has 7 N–H and O–H groups in total. The predicted molar refractivity (Wildman–Crippen MR) is 165 cm³/mol. The fourth-order valence-electron chi connectivity index (χ4n) is 4.49. The minimum absolute atomic E-state index is 0. The van der Waals surface area contributed by atoms with Crippen molar-refractivity contribution < 1.29 is 28.0 Å². The van der Waals surface area contributed by atoms with Crippen LogP contribution >= 0.6 is 44.8 Å². The van der Waals surface area contributed by atoms with E-state index in [0.717, 1.165) is 19.4 Å². The summed E-state index contributed by atoms with van der Waals surface area (Å²) in [5.74, 6) is -1.09. The lowest BCUT2D eigenvalue weighted by Gasteiger charge is -2.32. The van der Waals surface area contributed by atoms with Crippen LogP contribution < -0.4 is 36.5 Å². The third kappa shape index (κ3) is 9.47. The Morgan fingerprint density at radius 2 is 1.32 bits per heavy atom. The Morgan fingerprint density at radius 1 is 0.829 bits per heavy atom. The van der Waals surface area contributed by atoms with Gasteiger partial charge in [-0.15, -0.1) is 37.2 Å². The summed E-state index contributed by atoms with van der Waals surface area (Å²) in [5, 5.41) is 8.48. The van der Waals surface area contributed by atoms with Gasteiger partial charge in [-0.2, -0.15) is 0 Å². The molecule has 0 aliphatic carbocycles. The number of carbonyl (C=O) groups is 3. The van der Waals surface area contributed by atoms with Crippen LogP contribution in [-0.4, -0.2) is 60.6 Å². The highest BCUT2D eigenvalue weighted by Gasteiger charge is 2.49. The molecule has 2 fully saturated rings. The SMILES string of the molecule is Cl.Cl.Cl.NCC(=O)Nc1ccc(OP(=O)(Oc2ccc(NC(=O)CN)cc2)[C@@H]2CCCN2C(=O)[C@@H]2CCCN2)cc1. The van der Waals surface area contributed by atoms with E-state index in [-0.39, 0.29) is 85.6 Å². The Bertz CT molecular complexity index is 1130. The van der Waals surface area contributed by atoms with Crippen LogP contribution in [0.5, 0.6) is 11.5 Å². The number of carbonyl (C=O) groups excluding carboxylic acids is 3. The number of nitrogens with zero attached hydrogens (tertiary/aromatic N) is 1. The second-order valence-electron chi connectivity index (χ2n) is 9.08. The third-order valence-electron chi connectivity index (χ3n) is 6.34. The van der Waals surface area contributed by atoms with E-state index in [1.54, 1.807) is 53.4 Å². The number of hydrogen-bond donors (Lipinski definition) is 5. The smallest absolute Gasteiger partial charge is 0.415 e. The van der Waals surface area contributed by atoms with Gasteiger partial charge in [-0.25, -0.2) is 4.57 Å². The van der Waals surface area contributed by atoms with E-state index in [0.29, 0.717) is 30.8 Å². The molecule has 0 unspecified atom stereocenters. The molecular formula is C25H36Cl3N6O6P. The first-order chi connectivity index (χ1) is 18.3. The molecule has 0 spiro atoms. The molecule has 16 heteroatoms. The molecular weight excluding hydrogens is 618 g/mol. The Labute approximate surface area is 257 Å². The highest BCUT2D eigenvalue weighted by Crippen LogP contribution is 2.57. The molecule has 3 amide bonds. The van der Waals surface area contributed by atoms with Crippen LogP contribution in [-0.2, 0) is 18.9 Å². The molecule has 2 saturated heterocycles. The summed E-state index contributed by atoms with van der Waals surface area (Å²) < 4.78 is 26.5. The lowest BCUT2D eigenvalue weighted by atomic mass is 10.2. The number of nitrogens with one attached hydrogen (secondary N) is 3. The zero-order valence-corrected chi connectivity index (χ0v) is 25.5. The maximum absolute atomic E-state index is 14.5. The van der Waals surface area contributed by atoms with Crippen LogP contribution in [0.1, 0.15) is 25.7 Å². The first kappa shape index (κ1) is 36.5. The molecule has 0 aromatic heterocycles. The first-order valence-electron chi connectivity index (χ1n) is 12.5. The van der Waals surface area contributed by atoms with Gasteiger partial charge < -0.3 is 41.4 Å². The van der Waals surface area contributed by atoms with Crippen molar-refractivity contribution >= 4 is 73.9 Å². The number of benzene rings is 2. The summed E-state index contributed by atoms with van der Waals surface area (Å²) in [6, 6.07) is 12.3. The Hall–Kier alpha value is -2.57. The lowest BCUT2D eigenvalue weighted by molar-refractivity contribution is -0.132. The van der Waals surface area contributed by atoms with Gasteiger partial charge in [0.1, 0.15) is 11.5 Å². The van der Waals surface area contributed by atoms with Crippen LogP contribution in [0.15, 0.2) is 48.5 Å². The molecule has 2 aliphatic rings. The van der Waals surface area contributed by atoms with Crippen molar-refractivity contribution in [1.82, 2.24) is 10.2 Å². The fraction of sp³-hybridized carbons (Fsp3) is 0.400. The maximum atomic E-state index is 14.5. The topological polar surface area (TPSA) is 178 Å². The number of likely N-dealkylation sites (tertiary alicyclic amines) is 1. The Morgan fingerprint density at radius 3 is 1.73 bits per heavy atom. The normalized spacial score (nSPS) is 17.8. The van der Waals surface area contributed by atoms with E-state index in [1.807, 2.05) is 0 Å². The monoisotopic (exact) mass is 652 g/mol. The van der Waals surface area contributed by atoms with Gasteiger partial charge in [-0.05, 0) is 80.8 Å². The minimum atomic E-state index is -4.00. The molecule has 0 bridgehead atoms. The van der Waals surface area contributed by atoms with Crippen LogP contribution in [0.4, 0.5) is 11.4 Å². The summed E-state index contributed by atoms with van der Waals surface area (Å²) in [6.45, 7) is 0.904. The molecule has 2 aromatic carbocycles. The standard InChI is InChI=1S/C25H33N6O6P.3ClH/c26-15-22(32)29-17-5-9-19(10-6-17)36-38(35,37-20-11-7-18(8-12-20)30-23(33)16-27)24-4-2-14-31(24)25(34)21-3-1-13-28-21;;;/h5-12,21,24,28H,1-4,13-16,26-27H2,(H,29,32)(H,30,33);3*1H/t21-,24+;;;/m0.../s1. The van der Waals surface area contributed by atoms with Crippen molar-refractivity contribution in [3.63, 3.8) is 0 Å². The highest BCUT2D eigenvalue weighted by atomic mass is 35.5. The van der Waals surface area contributed by atoms with Gasteiger partial charge in [0.25, 0.3) is 0 Å². The van der Waals surface area contributed by atoms with Crippen LogP contribution in [0.25, 0.3) is 0 Å². The van der Waals surface area contributed by atoms with E-state index in [2.05, 4.69) is 16.0 Å². The number of halogens is 3. The molecule has 2 atom stereocenters. The van der Waals surface area contributed by atoms with Gasteiger partial charge in [-0.3, -0.25) is 14.4 Å². The number of rotatable bonds is 10. The molecule has 0 radical (unpaired) electrons. The van der Waals surface area contributed by atoms with Gasteiger partial charge in [0.2, 0.25) is 17.7 Å². The minimum Gasteiger partial charge on any atom is -0.415 e. The summed E-state index contributed by atoms with van der Waals surface area (Å²) in [7, 11) is -4.00. The lowest BCUT2D eigenvalue weighted by Crippen LogP contribution is -2.46. The van der Waals surface area contributed by atoms with Crippen molar-refractivity contribution in [3.05, 3.63) is 48.5 Å². The first-order valence-corrected chi connectivity index (χ1v) is 14.2. The zero-order chi connectivity index (χ0) is 27.1. The zero-order valence-electron chi connectivity index (χ0n) is 22.2. The predicted octanol–water partition coefficient (Wildman–Crippen LogP) is 3.10. The van der Waals surface area contributed by atoms with Gasteiger partial charge in [0, 0.05) is 17.9 Å². The van der Waals surface area contributed by atoms with Gasteiger partial charge in [0.15, 0.2) is 5.78 Å². The van der Waals surface area contributed by atoms with E-state index in [9.17, 15) is 18.9 Å². The van der Waals surface area contributed by atoms with Gasteiger partial charge >= 0.3 is 7.60 Å². The molecule has 4 rings (SSSR count). The van der Waals surface area contributed by atoms with E-state index in [1.165, 1.54) is 0 Å². The van der Waals surface area contributed by atoms with Crippen molar-refractivity contribution in [2.45, 2.75) is 37.5 Å². The molecule has 0 saturated carbocycles. The molecule has 2 aliphatic heterocycles. The van der Waals surface area contributed by atoms with Crippen LogP contribution in [0.3, 0.4) is 0 Å². The molecule has 12 nitrogen and oxygen atoms in total. The number of amides is 3. The second-order valence-corrected chi connectivity index (χ2v) is 11.1. The van der Waals surface area contributed by atoms with E-state index in [4.69, 9.17) is 20.5 Å². The van der Waals surface area contributed by atoms with Crippen molar-refractivity contribution in [3.8, 4) is 11.5 Å². The van der Waals surface area contributed by atoms with Crippen molar-refractivity contribution in [2.24, 2.45) is 11.5 Å². The van der Waals surface area contributed by atoms with Gasteiger partial charge in [-0.1, -0.05) is 0 Å². The second kappa shape index (κ2) is 16.8. The Kier molecular flexibility index (Phi) is 14.9. The van der Waals surface area contributed by atoms with Crippen molar-refractivity contribution in [1.29, 1.82) is 0 Å². The number of anilines is 2. The molecule has 2 heterocycles. The molecule has 228 valence electrons. The largest absolute Gasteiger partial charge is 0.453 e. The number of nitrogens with two attached hydrogens (primary N) is 2. The van der Waals surface area contributed by atoms with Crippen LogP contribution in [0, 0.1) is 0 Å². The molecule has 2 aromatic rings. The third-order valence-corrected chi connectivity index (χ3v) is 8.54. The van der Waals surface area contributed by atoms with E-state index >= 15 is 0 Å². The fourth-order valence-corrected chi connectivity index (χ4v) is 6.67. The maximum Gasteiger partial charge on any atom is 0.453 e. The summed E-state index contributed by atoms with van der Waals surface area (Å²) in [5.41, 5.74) is 11.7. The average molecular weight is 654 g/mol. The number of hydrogen-bond acceptors (Lipinski definition) is 9. The quantitative estimate of drug-likeness (QED) is 0.241.